The van der Waals surface area contributed by atoms with Gasteiger partial charge >= 0.3 is 0 Å². The third-order valence-electron chi connectivity index (χ3n) is 3.61. The minimum atomic E-state index is -3.65. The monoisotopic (exact) mass is 334 g/mol. The maximum Gasteiger partial charge on any atom is 0.261 e. The van der Waals surface area contributed by atoms with Gasteiger partial charge in [0.05, 0.1) is 16.1 Å². The zero-order chi connectivity index (χ0) is 15.9. The van der Waals surface area contributed by atoms with E-state index in [2.05, 4.69) is 9.71 Å². The van der Waals surface area contributed by atoms with Crippen LogP contribution in [0.1, 0.15) is 11.1 Å². The van der Waals surface area contributed by atoms with Crippen molar-refractivity contribution in [2.24, 2.45) is 0 Å². The van der Waals surface area contributed by atoms with Crippen LogP contribution in [0.15, 0.2) is 47.5 Å². The summed E-state index contributed by atoms with van der Waals surface area (Å²) < 4.78 is 27.6. The van der Waals surface area contributed by atoms with Gasteiger partial charge in [0.2, 0.25) is 0 Å². The van der Waals surface area contributed by atoms with Crippen molar-refractivity contribution >= 4 is 38.2 Å². The van der Waals surface area contributed by atoms with Crippen LogP contribution in [0.5, 0.6) is 0 Å². The third-order valence-corrected chi connectivity index (χ3v) is 5.24. The second-order valence-corrected chi connectivity index (χ2v) is 7.33. The average molecular weight is 335 g/mol. The van der Waals surface area contributed by atoms with Gasteiger partial charge in [-0.3, -0.25) is 4.72 Å². The second-order valence-electron chi connectivity index (χ2n) is 5.21. The molecule has 0 fully saturated rings. The molecule has 22 heavy (non-hydrogen) atoms. The molecule has 0 amide bonds. The minimum absolute atomic E-state index is 0.175. The highest BCUT2D eigenvalue weighted by Crippen LogP contribution is 2.29. The van der Waals surface area contributed by atoms with Gasteiger partial charge in [0.15, 0.2) is 0 Å². The van der Waals surface area contributed by atoms with Crippen LogP contribution in [-0.2, 0) is 10.0 Å². The molecule has 3 rings (SSSR count). The van der Waals surface area contributed by atoms with Gasteiger partial charge in [0, 0.05) is 16.6 Å². The molecule has 1 heterocycles. The zero-order valence-electron chi connectivity index (χ0n) is 12.1. The number of aryl methyl sites for hydroxylation is 2. The second kappa shape index (κ2) is 5.34. The minimum Gasteiger partial charge on any atom is -0.359 e. The summed E-state index contributed by atoms with van der Waals surface area (Å²) in [6, 6.07) is 9.75. The lowest BCUT2D eigenvalue weighted by molar-refractivity contribution is 0.601. The molecule has 6 heteroatoms. The highest BCUT2D eigenvalue weighted by Gasteiger charge is 2.17. The van der Waals surface area contributed by atoms with Crippen LogP contribution in [0.25, 0.3) is 10.9 Å². The quantitative estimate of drug-likeness (QED) is 0.752. The Labute approximate surface area is 134 Å². The van der Waals surface area contributed by atoms with E-state index in [1.54, 1.807) is 18.2 Å². The van der Waals surface area contributed by atoms with E-state index in [4.69, 9.17) is 11.6 Å². The summed E-state index contributed by atoms with van der Waals surface area (Å²) >= 11 is 5.80. The number of nitrogens with one attached hydrogen (secondary N) is 2. The molecule has 0 saturated carbocycles. The highest BCUT2D eigenvalue weighted by molar-refractivity contribution is 7.92. The summed E-state index contributed by atoms with van der Waals surface area (Å²) in [5.74, 6) is 0. The van der Waals surface area contributed by atoms with Crippen molar-refractivity contribution in [3.05, 3.63) is 58.7 Å². The van der Waals surface area contributed by atoms with Crippen molar-refractivity contribution in [2.45, 2.75) is 18.7 Å². The number of rotatable bonds is 3. The molecular formula is C16H15ClN2O2S. The van der Waals surface area contributed by atoms with Crippen LogP contribution >= 0.6 is 11.6 Å². The van der Waals surface area contributed by atoms with E-state index in [0.717, 1.165) is 22.0 Å². The first-order chi connectivity index (χ1) is 10.4. The van der Waals surface area contributed by atoms with Crippen LogP contribution in [0.4, 0.5) is 5.69 Å². The van der Waals surface area contributed by atoms with E-state index in [1.807, 2.05) is 26.1 Å². The number of aromatic nitrogens is 1. The SMILES string of the molecule is Cc1ccc(NS(=O)(=O)c2ccc(Cl)cc2)c2[nH]cc(C)c12. The summed E-state index contributed by atoms with van der Waals surface area (Å²) in [6.45, 7) is 3.99. The number of hydrogen-bond acceptors (Lipinski definition) is 2. The van der Waals surface area contributed by atoms with Gasteiger partial charge in [-0.05, 0) is 55.3 Å². The number of fused-ring (bicyclic) bond motifs is 1. The van der Waals surface area contributed by atoms with E-state index < -0.39 is 10.0 Å². The molecule has 0 unspecified atom stereocenters. The number of benzene rings is 2. The predicted octanol–water partition coefficient (Wildman–Crippen LogP) is 4.24. The van der Waals surface area contributed by atoms with Gasteiger partial charge in [0.1, 0.15) is 0 Å². The van der Waals surface area contributed by atoms with Crippen LogP contribution < -0.4 is 4.72 Å². The molecule has 114 valence electrons. The summed E-state index contributed by atoms with van der Waals surface area (Å²) in [6.07, 6.45) is 1.87. The molecular weight excluding hydrogens is 320 g/mol. The van der Waals surface area contributed by atoms with Crippen LogP contribution in [0, 0.1) is 13.8 Å². The van der Waals surface area contributed by atoms with E-state index >= 15 is 0 Å². The lowest BCUT2D eigenvalue weighted by Crippen LogP contribution is -2.13. The topological polar surface area (TPSA) is 62.0 Å². The van der Waals surface area contributed by atoms with Gasteiger partial charge in [-0.15, -0.1) is 0 Å². The molecule has 0 aliphatic carbocycles. The molecule has 0 aliphatic heterocycles. The maximum atomic E-state index is 12.5. The first-order valence-corrected chi connectivity index (χ1v) is 8.60. The molecule has 0 radical (unpaired) electrons. The molecule has 0 saturated heterocycles. The van der Waals surface area contributed by atoms with Gasteiger partial charge < -0.3 is 4.98 Å². The molecule has 0 bridgehead atoms. The normalized spacial score (nSPS) is 11.8. The summed E-state index contributed by atoms with van der Waals surface area (Å²) in [5.41, 5.74) is 3.50. The molecule has 1 aromatic heterocycles. The fourth-order valence-corrected chi connectivity index (χ4v) is 3.72. The number of H-pyrrole nitrogens is 1. The molecule has 0 atom stereocenters. The van der Waals surface area contributed by atoms with Crippen molar-refractivity contribution in [1.82, 2.24) is 4.98 Å². The number of halogens is 1. The Morgan fingerprint density at radius 3 is 2.36 bits per heavy atom. The maximum absolute atomic E-state index is 12.5. The first-order valence-electron chi connectivity index (χ1n) is 6.74. The third kappa shape index (κ3) is 2.58. The van der Waals surface area contributed by atoms with Crippen molar-refractivity contribution in [1.29, 1.82) is 0 Å². The number of anilines is 1. The Bertz CT molecular complexity index is 944. The smallest absolute Gasteiger partial charge is 0.261 e. The average Bonchev–Trinajstić information content (AvgIpc) is 2.86. The van der Waals surface area contributed by atoms with Crippen LogP contribution in [0.2, 0.25) is 5.02 Å². The van der Waals surface area contributed by atoms with Crippen LogP contribution in [-0.4, -0.2) is 13.4 Å². The van der Waals surface area contributed by atoms with E-state index in [-0.39, 0.29) is 4.90 Å². The largest absolute Gasteiger partial charge is 0.359 e. The van der Waals surface area contributed by atoms with E-state index in [1.165, 1.54) is 12.1 Å². The Balaban J connectivity index is 2.06. The lowest BCUT2D eigenvalue weighted by atomic mass is 10.1. The van der Waals surface area contributed by atoms with Gasteiger partial charge in [-0.1, -0.05) is 17.7 Å². The van der Waals surface area contributed by atoms with Crippen molar-refractivity contribution < 1.29 is 8.42 Å². The fourth-order valence-electron chi connectivity index (χ4n) is 2.52. The first kappa shape index (κ1) is 14.9. The Morgan fingerprint density at radius 1 is 1.00 bits per heavy atom. The molecule has 0 spiro atoms. The Morgan fingerprint density at radius 2 is 1.68 bits per heavy atom. The molecule has 2 aromatic carbocycles. The molecule has 2 N–H and O–H groups in total. The van der Waals surface area contributed by atoms with E-state index in [9.17, 15) is 8.42 Å². The fraction of sp³-hybridized carbons (Fsp3) is 0.125. The number of hydrogen-bond donors (Lipinski definition) is 2. The molecule has 0 aliphatic rings. The van der Waals surface area contributed by atoms with Gasteiger partial charge in [-0.2, -0.15) is 0 Å². The van der Waals surface area contributed by atoms with E-state index in [0.29, 0.717) is 10.7 Å². The lowest BCUT2D eigenvalue weighted by Gasteiger charge is -2.10. The summed E-state index contributed by atoms with van der Waals surface area (Å²) in [7, 11) is -3.65. The molecule has 4 nitrogen and oxygen atoms in total. The highest BCUT2D eigenvalue weighted by atomic mass is 35.5. The molecule has 3 aromatic rings. The standard InChI is InChI=1S/C16H15ClN2O2S/c1-10-3-8-14(16-15(10)11(2)9-18-16)19-22(20,21)13-6-4-12(17)5-7-13/h3-9,18-19H,1-2H3. The number of aromatic amines is 1. The van der Waals surface area contributed by atoms with Crippen molar-refractivity contribution in [3.63, 3.8) is 0 Å². The predicted molar refractivity (Wildman–Crippen MR) is 90.0 cm³/mol. The van der Waals surface area contributed by atoms with Gasteiger partial charge in [0.25, 0.3) is 10.0 Å². The van der Waals surface area contributed by atoms with Crippen molar-refractivity contribution in [2.75, 3.05) is 4.72 Å². The van der Waals surface area contributed by atoms with Gasteiger partial charge in [-0.25, -0.2) is 8.42 Å². The van der Waals surface area contributed by atoms with Crippen molar-refractivity contribution in [3.8, 4) is 0 Å². The zero-order valence-corrected chi connectivity index (χ0v) is 13.7. The summed E-state index contributed by atoms with van der Waals surface area (Å²) in [5, 5.41) is 1.54. The Kier molecular flexibility index (Phi) is 3.62. The Hall–Kier alpha value is -1.98. The summed E-state index contributed by atoms with van der Waals surface area (Å²) in [4.78, 5) is 3.31. The van der Waals surface area contributed by atoms with Crippen LogP contribution in [0.3, 0.4) is 0 Å². The number of sulfonamides is 1.